The quantitative estimate of drug-likeness (QED) is 0.742. The van der Waals surface area contributed by atoms with Crippen LogP contribution < -0.4 is 5.73 Å². The monoisotopic (exact) mass is 218 g/mol. The molecule has 2 N–H and O–H groups in total. The highest BCUT2D eigenvalue weighted by molar-refractivity contribution is 5.98. The molecule has 1 aliphatic rings. The fourth-order valence-corrected chi connectivity index (χ4v) is 1.71. The van der Waals surface area contributed by atoms with Crippen molar-refractivity contribution in [2.24, 2.45) is 5.73 Å². The second-order valence-corrected chi connectivity index (χ2v) is 4.10. The van der Waals surface area contributed by atoms with Crippen LogP contribution in [0.4, 0.5) is 0 Å². The van der Waals surface area contributed by atoms with E-state index in [1.807, 2.05) is 0 Å². The lowest BCUT2D eigenvalue weighted by atomic mass is 10.1. The highest BCUT2D eigenvalue weighted by Crippen LogP contribution is 2.13. The number of carbonyl (C=O) groups is 2. The summed E-state index contributed by atoms with van der Waals surface area (Å²) in [6, 6.07) is 6.83. The molecule has 0 bridgehead atoms. The molecule has 0 unspecified atom stereocenters. The molecule has 1 aromatic carbocycles. The van der Waals surface area contributed by atoms with Crippen LogP contribution in [-0.4, -0.2) is 35.7 Å². The van der Waals surface area contributed by atoms with Crippen LogP contribution in [0.25, 0.3) is 0 Å². The molecular weight excluding hydrogens is 204 g/mol. The fourth-order valence-electron chi connectivity index (χ4n) is 1.71. The van der Waals surface area contributed by atoms with E-state index < -0.39 is 0 Å². The van der Waals surface area contributed by atoms with Crippen molar-refractivity contribution in [3.05, 3.63) is 35.4 Å². The van der Waals surface area contributed by atoms with Gasteiger partial charge in [0.25, 0.3) is 5.91 Å². The Kier molecular flexibility index (Phi) is 2.75. The smallest absolute Gasteiger partial charge is 0.253 e. The van der Waals surface area contributed by atoms with E-state index in [0.29, 0.717) is 24.2 Å². The first-order valence-electron chi connectivity index (χ1n) is 5.24. The average Bonchev–Trinajstić information content (AvgIpc) is 2.24. The standard InChI is InChI=1S/C12H14N2O2/c1-8(15)9-2-4-10(5-3-9)12(16)14-6-11(13)7-14/h2-5,11H,6-7,13H2,1H3. The molecule has 1 amide bonds. The Morgan fingerprint density at radius 2 is 1.69 bits per heavy atom. The van der Waals surface area contributed by atoms with Gasteiger partial charge < -0.3 is 10.6 Å². The van der Waals surface area contributed by atoms with E-state index in [2.05, 4.69) is 0 Å². The number of Topliss-reactive ketones (excluding diaryl/α,β-unsaturated/α-hetero) is 1. The van der Waals surface area contributed by atoms with Crippen molar-refractivity contribution in [3.63, 3.8) is 0 Å². The number of amides is 1. The van der Waals surface area contributed by atoms with Gasteiger partial charge in [-0.15, -0.1) is 0 Å². The van der Waals surface area contributed by atoms with Gasteiger partial charge in [-0.3, -0.25) is 9.59 Å². The average molecular weight is 218 g/mol. The molecule has 84 valence electrons. The summed E-state index contributed by atoms with van der Waals surface area (Å²) in [5, 5.41) is 0. The van der Waals surface area contributed by atoms with Gasteiger partial charge in [-0.2, -0.15) is 0 Å². The molecule has 0 spiro atoms. The SMILES string of the molecule is CC(=O)c1ccc(C(=O)N2CC(N)C2)cc1. The lowest BCUT2D eigenvalue weighted by Crippen LogP contribution is -2.57. The van der Waals surface area contributed by atoms with Crippen molar-refractivity contribution in [1.82, 2.24) is 4.90 Å². The summed E-state index contributed by atoms with van der Waals surface area (Å²) in [5.74, 6) is -0.0122. The van der Waals surface area contributed by atoms with Gasteiger partial charge in [-0.25, -0.2) is 0 Å². The number of nitrogens with zero attached hydrogens (tertiary/aromatic N) is 1. The van der Waals surface area contributed by atoms with Gasteiger partial charge in [0, 0.05) is 30.3 Å². The molecule has 0 radical (unpaired) electrons. The lowest BCUT2D eigenvalue weighted by Gasteiger charge is -2.36. The maximum Gasteiger partial charge on any atom is 0.253 e. The third-order valence-corrected chi connectivity index (χ3v) is 2.74. The molecule has 16 heavy (non-hydrogen) atoms. The summed E-state index contributed by atoms with van der Waals surface area (Å²) < 4.78 is 0. The van der Waals surface area contributed by atoms with Gasteiger partial charge in [0.2, 0.25) is 0 Å². The molecule has 0 aliphatic carbocycles. The number of benzene rings is 1. The minimum absolute atomic E-state index is 0.00460. The van der Waals surface area contributed by atoms with Crippen molar-refractivity contribution in [2.75, 3.05) is 13.1 Å². The number of likely N-dealkylation sites (tertiary alicyclic amines) is 1. The van der Waals surface area contributed by atoms with Gasteiger partial charge in [-0.1, -0.05) is 12.1 Å². The van der Waals surface area contributed by atoms with E-state index in [9.17, 15) is 9.59 Å². The van der Waals surface area contributed by atoms with Crippen molar-refractivity contribution >= 4 is 11.7 Å². The van der Waals surface area contributed by atoms with Crippen molar-refractivity contribution < 1.29 is 9.59 Å². The van der Waals surface area contributed by atoms with Crippen LogP contribution in [0.15, 0.2) is 24.3 Å². The second-order valence-electron chi connectivity index (χ2n) is 4.10. The van der Waals surface area contributed by atoms with Gasteiger partial charge in [-0.05, 0) is 19.1 Å². The molecule has 1 saturated heterocycles. The maximum absolute atomic E-state index is 11.8. The summed E-state index contributed by atoms with van der Waals surface area (Å²) in [6.07, 6.45) is 0. The third-order valence-electron chi connectivity index (χ3n) is 2.74. The van der Waals surface area contributed by atoms with Crippen LogP contribution in [0.3, 0.4) is 0 Å². The Bertz CT molecular complexity index is 419. The van der Waals surface area contributed by atoms with Crippen molar-refractivity contribution in [3.8, 4) is 0 Å². The molecular formula is C12H14N2O2. The minimum Gasteiger partial charge on any atom is -0.335 e. The van der Waals surface area contributed by atoms with Gasteiger partial charge in [0.05, 0.1) is 0 Å². The van der Waals surface area contributed by atoms with Crippen LogP contribution >= 0.6 is 0 Å². The predicted molar refractivity (Wildman–Crippen MR) is 60.3 cm³/mol. The first-order valence-corrected chi connectivity index (χ1v) is 5.24. The Morgan fingerprint density at radius 3 is 2.12 bits per heavy atom. The van der Waals surface area contributed by atoms with E-state index in [4.69, 9.17) is 5.73 Å². The summed E-state index contributed by atoms with van der Waals surface area (Å²) in [7, 11) is 0. The van der Waals surface area contributed by atoms with E-state index in [1.165, 1.54) is 6.92 Å². The number of carbonyl (C=O) groups excluding carboxylic acids is 2. The molecule has 0 saturated carbocycles. The molecule has 1 aromatic rings. The van der Waals surface area contributed by atoms with E-state index in [1.54, 1.807) is 29.2 Å². The Hall–Kier alpha value is -1.68. The van der Waals surface area contributed by atoms with Gasteiger partial charge in [0.15, 0.2) is 5.78 Å². The Morgan fingerprint density at radius 1 is 1.19 bits per heavy atom. The van der Waals surface area contributed by atoms with E-state index >= 15 is 0 Å². The molecule has 4 nitrogen and oxygen atoms in total. The van der Waals surface area contributed by atoms with Gasteiger partial charge >= 0.3 is 0 Å². The number of ketones is 1. The van der Waals surface area contributed by atoms with Crippen LogP contribution in [-0.2, 0) is 0 Å². The minimum atomic E-state index is -0.0168. The molecule has 0 atom stereocenters. The van der Waals surface area contributed by atoms with Gasteiger partial charge in [0.1, 0.15) is 0 Å². The highest BCUT2D eigenvalue weighted by Gasteiger charge is 2.28. The maximum atomic E-state index is 11.8. The number of hydrogen-bond acceptors (Lipinski definition) is 3. The molecule has 2 rings (SSSR count). The summed E-state index contributed by atoms with van der Waals surface area (Å²) >= 11 is 0. The first-order chi connectivity index (χ1) is 7.58. The molecule has 1 aliphatic heterocycles. The topological polar surface area (TPSA) is 63.4 Å². The van der Waals surface area contributed by atoms with Crippen LogP contribution in [0.5, 0.6) is 0 Å². The second kappa shape index (κ2) is 4.06. The van der Waals surface area contributed by atoms with E-state index in [0.717, 1.165) is 0 Å². The zero-order valence-electron chi connectivity index (χ0n) is 9.14. The number of hydrogen-bond donors (Lipinski definition) is 1. The largest absolute Gasteiger partial charge is 0.335 e. The fraction of sp³-hybridized carbons (Fsp3) is 0.333. The number of nitrogens with two attached hydrogens (primary N) is 1. The van der Waals surface area contributed by atoms with Crippen molar-refractivity contribution in [2.45, 2.75) is 13.0 Å². The molecule has 1 heterocycles. The highest BCUT2D eigenvalue weighted by atomic mass is 16.2. The molecule has 4 heteroatoms. The summed E-state index contributed by atoms with van der Waals surface area (Å²) in [5.41, 5.74) is 6.84. The molecule has 0 aromatic heterocycles. The zero-order valence-corrected chi connectivity index (χ0v) is 9.14. The van der Waals surface area contributed by atoms with Crippen LogP contribution in [0.2, 0.25) is 0 Å². The summed E-state index contributed by atoms with van der Waals surface area (Å²) in [6.45, 7) is 2.74. The Balaban J connectivity index is 2.10. The first kappa shape index (κ1) is 10.8. The molecule has 1 fully saturated rings. The normalized spacial score (nSPS) is 15.8. The van der Waals surface area contributed by atoms with Crippen LogP contribution in [0.1, 0.15) is 27.6 Å². The lowest BCUT2D eigenvalue weighted by molar-refractivity contribution is 0.0608. The van der Waals surface area contributed by atoms with E-state index in [-0.39, 0.29) is 17.7 Å². The van der Waals surface area contributed by atoms with Crippen molar-refractivity contribution in [1.29, 1.82) is 0 Å². The number of rotatable bonds is 2. The van der Waals surface area contributed by atoms with Crippen LogP contribution in [0, 0.1) is 0 Å². The Labute approximate surface area is 94.0 Å². The zero-order chi connectivity index (χ0) is 11.7. The summed E-state index contributed by atoms with van der Waals surface area (Å²) in [4.78, 5) is 24.6. The predicted octanol–water partition coefficient (Wildman–Crippen LogP) is 0.672. The third kappa shape index (κ3) is 1.97.